The molecule has 0 atom stereocenters. The fourth-order valence-electron chi connectivity index (χ4n) is 2.09. The highest BCUT2D eigenvalue weighted by molar-refractivity contribution is 5.88. The predicted octanol–water partition coefficient (Wildman–Crippen LogP) is 0.211. The predicted molar refractivity (Wildman–Crippen MR) is 57.9 cm³/mol. The smallest absolute Gasteiger partial charge is 0.140 e. The van der Waals surface area contributed by atoms with Gasteiger partial charge in [-0.1, -0.05) is 0 Å². The molecule has 1 aliphatic rings. The highest BCUT2D eigenvalue weighted by atomic mass is 16.3. The van der Waals surface area contributed by atoms with Gasteiger partial charge < -0.3 is 14.6 Å². The molecule has 0 amide bonds. The summed E-state index contributed by atoms with van der Waals surface area (Å²) in [7, 11) is 0. The molecule has 0 aromatic carbocycles. The number of hydrogen-bond donors (Lipinski definition) is 1. The van der Waals surface area contributed by atoms with Gasteiger partial charge in [0.05, 0.1) is 37.8 Å². The Morgan fingerprint density at radius 1 is 1.27 bits per heavy atom. The summed E-state index contributed by atoms with van der Waals surface area (Å²) in [6.45, 7) is 4.43. The molecule has 3 heterocycles. The van der Waals surface area contributed by atoms with Crippen molar-refractivity contribution in [3.05, 3.63) is 24.6 Å². The monoisotopic (exact) mass is 204 g/mol. The van der Waals surface area contributed by atoms with Gasteiger partial charge in [-0.25, -0.2) is 4.98 Å². The first-order chi connectivity index (χ1) is 7.45. The molecule has 1 fully saturated rings. The van der Waals surface area contributed by atoms with Gasteiger partial charge in [-0.05, 0) is 12.1 Å². The van der Waals surface area contributed by atoms with Crippen molar-refractivity contribution in [2.24, 2.45) is 0 Å². The van der Waals surface area contributed by atoms with Crippen LogP contribution in [0.2, 0.25) is 0 Å². The average Bonchev–Trinajstić information content (AvgIpc) is 2.78. The fraction of sp³-hybridized carbons (Fsp3) is 0.364. The van der Waals surface area contributed by atoms with E-state index in [1.165, 1.54) is 0 Å². The van der Waals surface area contributed by atoms with E-state index in [1.54, 1.807) is 6.26 Å². The van der Waals surface area contributed by atoms with Gasteiger partial charge in [0.25, 0.3) is 0 Å². The zero-order valence-electron chi connectivity index (χ0n) is 8.52. The van der Waals surface area contributed by atoms with Crippen molar-refractivity contribution >= 4 is 16.8 Å². The number of quaternary nitrogens is 1. The minimum absolute atomic E-state index is 0.926. The summed E-state index contributed by atoms with van der Waals surface area (Å²) in [6.07, 6.45) is 3.55. The molecular formula is C11H14N3O+. The number of piperazine rings is 1. The number of hydrogen-bond acceptors (Lipinski definition) is 3. The quantitative estimate of drug-likeness (QED) is 0.722. The Kier molecular flexibility index (Phi) is 2.07. The van der Waals surface area contributed by atoms with E-state index in [4.69, 9.17) is 4.42 Å². The Bertz CT molecular complexity index is 460. The molecule has 1 aliphatic heterocycles. The first kappa shape index (κ1) is 8.73. The standard InChI is InChI=1S/C11H13N3O/c1-3-13-11(9-2-8-15-10(1)9)14-6-4-12-5-7-14/h1-3,8,12H,4-7H2/p+1. The first-order valence-electron chi connectivity index (χ1n) is 5.34. The summed E-state index contributed by atoms with van der Waals surface area (Å²) in [5, 5.41) is 3.46. The normalized spacial score (nSPS) is 17.2. The second-order valence-electron chi connectivity index (χ2n) is 3.82. The SMILES string of the molecule is c1cc2occc2c(N2CC[NH2+]CC2)n1. The van der Waals surface area contributed by atoms with Crippen LogP contribution in [0.25, 0.3) is 11.0 Å². The number of furan rings is 1. The Morgan fingerprint density at radius 2 is 2.13 bits per heavy atom. The number of aromatic nitrogens is 1. The van der Waals surface area contributed by atoms with Crippen molar-refractivity contribution in [3.63, 3.8) is 0 Å². The van der Waals surface area contributed by atoms with Crippen molar-refractivity contribution in [1.82, 2.24) is 4.98 Å². The molecule has 0 saturated carbocycles. The van der Waals surface area contributed by atoms with Crippen molar-refractivity contribution < 1.29 is 9.73 Å². The molecule has 0 bridgehead atoms. The number of pyridine rings is 1. The van der Waals surface area contributed by atoms with Crippen molar-refractivity contribution in [2.45, 2.75) is 0 Å². The molecule has 0 unspecified atom stereocenters. The lowest BCUT2D eigenvalue weighted by molar-refractivity contribution is -0.655. The fourth-order valence-corrected chi connectivity index (χ4v) is 2.09. The highest BCUT2D eigenvalue weighted by Gasteiger charge is 2.16. The molecule has 1 saturated heterocycles. The van der Waals surface area contributed by atoms with E-state index < -0.39 is 0 Å². The molecule has 0 radical (unpaired) electrons. The minimum atomic E-state index is 0.926. The molecule has 3 rings (SSSR count). The van der Waals surface area contributed by atoms with Gasteiger partial charge in [0.1, 0.15) is 11.4 Å². The lowest BCUT2D eigenvalue weighted by atomic mass is 10.2. The van der Waals surface area contributed by atoms with Crippen LogP contribution in [0.15, 0.2) is 29.0 Å². The average molecular weight is 204 g/mol. The van der Waals surface area contributed by atoms with Gasteiger partial charge in [0.2, 0.25) is 0 Å². The van der Waals surface area contributed by atoms with Gasteiger partial charge in [-0.3, -0.25) is 0 Å². The summed E-state index contributed by atoms with van der Waals surface area (Å²) in [5.41, 5.74) is 0.926. The van der Waals surface area contributed by atoms with Crippen LogP contribution < -0.4 is 10.2 Å². The largest absolute Gasteiger partial charge is 0.464 e. The molecule has 0 aliphatic carbocycles. The molecule has 2 aromatic heterocycles. The lowest BCUT2D eigenvalue weighted by Crippen LogP contribution is -2.89. The number of anilines is 1. The number of fused-ring (bicyclic) bond motifs is 1. The first-order valence-corrected chi connectivity index (χ1v) is 5.34. The van der Waals surface area contributed by atoms with Crippen LogP contribution in [0, 0.1) is 0 Å². The molecule has 4 nitrogen and oxygen atoms in total. The maximum atomic E-state index is 5.37. The molecule has 78 valence electrons. The Balaban J connectivity index is 2.05. The molecule has 0 spiro atoms. The minimum Gasteiger partial charge on any atom is -0.464 e. The third-order valence-electron chi connectivity index (χ3n) is 2.86. The summed E-state index contributed by atoms with van der Waals surface area (Å²) in [4.78, 5) is 6.79. The van der Waals surface area contributed by atoms with Gasteiger partial charge in [-0.15, -0.1) is 0 Å². The lowest BCUT2D eigenvalue weighted by Gasteiger charge is -2.26. The molecule has 2 aromatic rings. The molecule has 4 heteroatoms. The molecule has 15 heavy (non-hydrogen) atoms. The molecule has 2 N–H and O–H groups in total. The van der Waals surface area contributed by atoms with Gasteiger partial charge in [0, 0.05) is 6.20 Å². The summed E-state index contributed by atoms with van der Waals surface area (Å²) >= 11 is 0. The second-order valence-corrected chi connectivity index (χ2v) is 3.82. The highest BCUT2D eigenvalue weighted by Crippen LogP contribution is 2.24. The maximum absolute atomic E-state index is 5.37. The summed E-state index contributed by atoms with van der Waals surface area (Å²) < 4.78 is 5.37. The molecular weight excluding hydrogens is 190 g/mol. The van der Waals surface area contributed by atoms with Crippen LogP contribution in [-0.2, 0) is 0 Å². The van der Waals surface area contributed by atoms with Crippen LogP contribution in [0.5, 0.6) is 0 Å². The van der Waals surface area contributed by atoms with Crippen LogP contribution in [0.3, 0.4) is 0 Å². The van der Waals surface area contributed by atoms with Gasteiger partial charge in [0.15, 0.2) is 0 Å². The van der Waals surface area contributed by atoms with Crippen LogP contribution >= 0.6 is 0 Å². The Hall–Kier alpha value is -1.55. The summed E-state index contributed by atoms with van der Waals surface area (Å²) in [5.74, 6) is 1.06. The van der Waals surface area contributed by atoms with Crippen LogP contribution in [0.4, 0.5) is 5.82 Å². The van der Waals surface area contributed by atoms with E-state index in [9.17, 15) is 0 Å². The number of rotatable bonds is 1. The Labute approximate surface area is 87.9 Å². The van der Waals surface area contributed by atoms with E-state index in [2.05, 4.69) is 15.2 Å². The second kappa shape index (κ2) is 3.55. The zero-order chi connectivity index (χ0) is 10.1. The van der Waals surface area contributed by atoms with E-state index in [-0.39, 0.29) is 0 Å². The van der Waals surface area contributed by atoms with Gasteiger partial charge >= 0.3 is 0 Å². The number of nitrogens with zero attached hydrogens (tertiary/aromatic N) is 2. The van der Waals surface area contributed by atoms with Crippen molar-refractivity contribution in [3.8, 4) is 0 Å². The summed E-state index contributed by atoms with van der Waals surface area (Å²) in [6, 6.07) is 3.91. The van der Waals surface area contributed by atoms with Crippen LogP contribution in [-0.4, -0.2) is 31.2 Å². The van der Waals surface area contributed by atoms with Crippen molar-refractivity contribution in [2.75, 3.05) is 31.1 Å². The topological polar surface area (TPSA) is 45.9 Å². The van der Waals surface area contributed by atoms with Crippen LogP contribution in [0.1, 0.15) is 0 Å². The van der Waals surface area contributed by atoms with Crippen molar-refractivity contribution in [1.29, 1.82) is 0 Å². The maximum Gasteiger partial charge on any atom is 0.140 e. The van der Waals surface area contributed by atoms with E-state index in [1.807, 2.05) is 18.3 Å². The van der Waals surface area contributed by atoms with E-state index >= 15 is 0 Å². The van der Waals surface area contributed by atoms with Gasteiger partial charge in [-0.2, -0.15) is 0 Å². The zero-order valence-corrected chi connectivity index (χ0v) is 8.52. The third-order valence-corrected chi connectivity index (χ3v) is 2.86. The number of nitrogens with two attached hydrogens (primary N) is 1. The third kappa shape index (κ3) is 1.47. The Morgan fingerprint density at radius 3 is 3.00 bits per heavy atom. The van der Waals surface area contributed by atoms with E-state index in [0.29, 0.717) is 0 Å². The van der Waals surface area contributed by atoms with E-state index in [0.717, 1.165) is 43.0 Å².